The van der Waals surface area contributed by atoms with E-state index in [1.54, 1.807) is 37.4 Å². The number of nitrogens with zero attached hydrogens (tertiary/aromatic N) is 1. The van der Waals surface area contributed by atoms with Crippen molar-refractivity contribution in [3.63, 3.8) is 0 Å². The Morgan fingerprint density at radius 1 is 0.977 bits per heavy atom. The molecular weight excluding hydrogens is 561 g/mol. The minimum atomic E-state index is -5.02. The van der Waals surface area contributed by atoms with Gasteiger partial charge < -0.3 is 24.4 Å². The molecule has 3 aromatic carbocycles. The lowest BCUT2D eigenvalue weighted by molar-refractivity contribution is -0.270. The highest BCUT2D eigenvalue weighted by molar-refractivity contribution is 5.95. The number of piperidine rings is 2. The summed E-state index contributed by atoms with van der Waals surface area (Å²) in [7, 11) is 2.57. The van der Waals surface area contributed by atoms with Gasteiger partial charge in [0.05, 0.1) is 6.61 Å². The first-order valence-electron chi connectivity index (χ1n) is 14.5. The standard InChI is InChI=1S/C33H37F3N2O5/c1-41-19-8-20-43-28-14-6-5-12-25(28)27-22-37-29(39)21-31(27)15-17-38(18-16-31)30(40)32(42-2,33(34,35)36)26-13-7-10-23-9-3-4-11-24(23)26/h3-7,9-14,27H,8,15-22H2,1-2H3,(H,37,39). The molecule has 0 saturated carbocycles. The maximum Gasteiger partial charge on any atom is 0.431 e. The van der Waals surface area contributed by atoms with Crippen LogP contribution in [0.3, 0.4) is 0 Å². The number of hydrogen-bond acceptors (Lipinski definition) is 5. The number of likely N-dealkylation sites (tertiary alicyclic amines) is 1. The van der Waals surface area contributed by atoms with E-state index in [0.29, 0.717) is 55.5 Å². The average molecular weight is 599 g/mol. The van der Waals surface area contributed by atoms with Gasteiger partial charge in [0.25, 0.3) is 11.5 Å². The number of para-hydroxylation sites is 1. The number of halogens is 3. The van der Waals surface area contributed by atoms with Crippen molar-refractivity contribution in [1.82, 2.24) is 10.2 Å². The summed E-state index contributed by atoms with van der Waals surface area (Å²) in [6, 6.07) is 18.9. The van der Waals surface area contributed by atoms with E-state index in [0.717, 1.165) is 12.7 Å². The van der Waals surface area contributed by atoms with Crippen LogP contribution in [-0.4, -0.2) is 70.0 Å². The Morgan fingerprint density at radius 3 is 2.40 bits per heavy atom. The number of hydrogen-bond donors (Lipinski definition) is 1. The molecule has 1 N–H and O–H groups in total. The van der Waals surface area contributed by atoms with Crippen molar-refractivity contribution in [1.29, 1.82) is 0 Å². The molecule has 2 saturated heterocycles. The smallest absolute Gasteiger partial charge is 0.431 e. The number of ether oxygens (including phenoxy) is 3. The molecule has 1 spiro atoms. The second-order valence-electron chi connectivity index (χ2n) is 11.3. The Balaban J connectivity index is 1.44. The van der Waals surface area contributed by atoms with E-state index in [1.165, 1.54) is 17.0 Å². The van der Waals surface area contributed by atoms with Gasteiger partial charge in [0, 0.05) is 64.8 Å². The van der Waals surface area contributed by atoms with E-state index >= 15 is 13.2 Å². The van der Waals surface area contributed by atoms with Crippen LogP contribution in [0.5, 0.6) is 5.75 Å². The molecule has 0 aromatic heterocycles. The first kappa shape index (κ1) is 30.8. The lowest BCUT2D eigenvalue weighted by Gasteiger charge is -2.50. The fourth-order valence-corrected chi connectivity index (χ4v) is 6.80. The number of carbonyl (C=O) groups excluding carboxylic acids is 2. The van der Waals surface area contributed by atoms with Gasteiger partial charge in [-0.15, -0.1) is 0 Å². The van der Waals surface area contributed by atoms with E-state index in [1.807, 2.05) is 24.3 Å². The molecule has 2 amide bonds. The van der Waals surface area contributed by atoms with Crippen LogP contribution in [0.2, 0.25) is 0 Å². The second kappa shape index (κ2) is 12.5. The van der Waals surface area contributed by atoms with Crippen molar-refractivity contribution >= 4 is 22.6 Å². The van der Waals surface area contributed by atoms with Crippen LogP contribution < -0.4 is 10.1 Å². The molecular formula is C33H37F3N2O5. The van der Waals surface area contributed by atoms with E-state index in [9.17, 15) is 9.59 Å². The molecule has 5 rings (SSSR count). The van der Waals surface area contributed by atoms with Crippen molar-refractivity contribution in [2.45, 2.75) is 43.4 Å². The van der Waals surface area contributed by atoms with Crippen LogP contribution in [0.1, 0.15) is 42.7 Å². The van der Waals surface area contributed by atoms with Crippen molar-refractivity contribution in [2.24, 2.45) is 5.41 Å². The minimum absolute atomic E-state index is 0.0609. The Bertz CT molecular complexity index is 1450. The topological polar surface area (TPSA) is 77.1 Å². The average Bonchev–Trinajstić information content (AvgIpc) is 3.00. The zero-order valence-corrected chi connectivity index (χ0v) is 24.4. The third-order valence-electron chi connectivity index (χ3n) is 9.02. The van der Waals surface area contributed by atoms with Crippen molar-refractivity contribution in [3.8, 4) is 5.75 Å². The highest BCUT2D eigenvalue weighted by atomic mass is 19.4. The van der Waals surface area contributed by atoms with Gasteiger partial charge in [-0.05, 0) is 40.7 Å². The van der Waals surface area contributed by atoms with Crippen molar-refractivity contribution < 1.29 is 37.0 Å². The molecule has 2 aliphatic rings. The number of rotatable bonds is 9. The summed E-state index contributed by atoms with van der Waals surface area (Å²) in [5, 5.41) is 3.85. The summed E-state index contributed by atoms with van der Waals surface area (Å²) in [4.78, 5) is 28.0. The van der Waals surface area contributed by atoms with Gasteiger partial charge in [0.1, 0.15) is 5.75 Å². The molecule has 230 valence electrons. The Hall–Kier alpha value is -3.63. The lowest BCUT2D eigenvalue weighted by Crippen LogP contribution is -2.60. The second-order valence-corrected chi connectivity index (χ2v) is 11.3. The number of benzene rings is 3. The van der Waals surface area contributed by atoms with Crippen LogP contribution in [0.15, 0.2) is 66.7 Å². The highest BCUT2D eigenvalue weighted by Crippen LogP contribution is 2.52. The predicted molar refractivity (Wildman–Crippen MR) is 156 cm³/mol. The Morgan fingerprint density at radius 2 is 1.67 bits per heavy atom. The van der Waals surface area contributed by atoms with E-state index in [4.69, 9.17) is 14.2 Å². The molecule has 2 fully saturated rings. The van der Waals surface area contributed by atoms with Crippen LogP contribution in [0.25, 0.3) is 10.8 Å². The summed E-state index contributed by atoms with van der Waals surface area (Å²) < 4.78 is 61.5. The number of amides is 2. The number of nitrogens with one attached hydrogen (secondary N) is 1. The van der Waals surface area contributed by atoms with Gasteiger partial charge in [-0.1, -0.05) is 60.7 Å². The van der Waals surface area contributed by atoms with E-state index in [2.05, 4.69) is 5.32 Å². The number of methoxy groups -OCH3 is 2. The molecule has 2 heterocycles. The number of alkyl halides is 3. The molecule has 2 unspecified atom stereocenters. The summed E-state index contributed by atoms with van der Waals surface area (Å²) in [6.07, 6.45) is -3.37. The van der Waals surface area contributed by atoms with Gasteiger partial charge >= 0.3 is 6.18 Å². The fourth-order valence-electron chi connectivity index (χ4n) is 6.80. The van der Waals surface area contributed by atoms with Gasteiger partial charge in [-0.2, -0.15) is 13.2 Å². The van der Waals surface area contributed by atoms with Gasteiger partial charge in [-0.3, -0.25) is 9.59 Å². The molecule has 2 atom stereocenters. The molecule has 0 radical (unpaired) electrons. The van der Waals surface area contributed by atoms with Crippen LogP contribution in [0, 0.1) is 5.41 Å². The molecule has 3 aromatic rings. The fraction of sp³-hybridized carbons (Fsp3) is 0.455. The molecule has 43 heavy (non-hydrogen) atoms. The van der Waals surface area contributed by atoms with Gasteiger partial charge in [-0.25, -0.2) is 0 Å². The summed E-state index contributed by atoms with van der Waals surface area (Å²) in [6.45, 7) is 1.53. The maximum atomic E-state index is 15.0. The number of carbonyl (C=O) groups is 2. The Kier molecular flexibility index (Phi) is 8.99. The molecule has 2 aliphatic heterocycles. The zero-order chi connectivity index (χ0) is 30.7. The highest BCUT2D eigenvalue weighted by Gasteiger charge is 2.65. The SMILES string of the molecule is COCCCOc1ccccc1C1CNC(=O)CC12CCN(C(=O)C(OC)(c1cccc3ccccc13)C(F)(F)F)CC2. The van der Waals surface area contributed by atoms with Crippen molar-refractivity contribution in [3.05, 3.63) is 77.9 Å². The summed E-state index contributed by atoms with van der Waals surface area (Å²) >= 11 is 0. The van der Waals surface area contributed by atoms with Crippen LogP contribution in [0.4, 0.5) is 13.2 Å². The minimum Gasteiger partial charge on any atom is -0.493 e. The molecule has 0 aliphatic carbocycles. The maximum absolute atomic E-state index is 15.0. The quantitative estimate of drug-likeness (QED) is 0.326. The normalized spacial score (nSPS) is 20.1. The van der Waals surface area contributed by atoms with Gasteiger partial charge in [0.15, 0.2) is 0 Å². The van der Waals surface area contributed by atoms with E-state index < -0.39 is 23.1 Å². The largest absolute Gasteiger partial charge is 0.493 e. The van der Waals surface area contributed by atoms with Crippen molar-refractivity contribution in [2.75, 3.05) is 47.1 Å². The summed E-state index contributed by atoms with van der Waals surface area (Å²) in [5.41, 5.74) is -3.01. The predicted octanol–water partition coefficient (Wildman–Crippen LogP) is 5.57. The number of fused-ring (bicyclic) bond motifs is 1. The molecule has 0 bridgehead atoms. The van der Waals surface area contributed by atoms with Gasteiger partial charge in [0.2, 0.25) is 5.91 Å². The first-order chi connectivity index (χ1) is 20.7. The van der Waals surface area contributed by atoms with E-state index in [-0.39, 0.29) is 36.9 Å². The third-order valence-corrected chi connectivity index (χ3v) is 9.02. The third kappa shape index (κ3) is 5.70. The monoisotopic (exact) mass is 598 g/mol. The van der Waals surface area contributed by atoms with Crippen LogP contribution in [-0.2, 0) is 24.7 Å². The zero-order valence-electron chi connectivity index (χ0n) is 24.4. The lowest BCUT2D eigenvalue weighted by atomic mass is 9.62. The first-order valence-corrected chi connectivity index (χ1v) is 14.5. The molecule has 7 nitrogen and oxygen atoms in total. The van der Waals surface area contributed by atoms with Crippen LogP contribution >= 0.6 is 0 Å². The molecule has 10 heteroatoms. The Labute approximate surface area is 249 Å². The summed E-state index contributed by atoms with van der Waals surface area (Å²) in [5.74, 6) is -0.669.